The zero-order chi connectivity index (χ0) is 25.6. The van der Waals surface area contributed by atoms with Gasteiger partial charge in [0, 0.05) is 0 Å². The Morgan fingerprint density at radius 3 is 2.20 bits per heavy atom. The van der Waals surface area contributed by atoms with E-state index in [1.165, 1.54) is 4.90 Å². The van der Waals surface area contributed by atoms with Gasteiger partial charge in [0.05, 0.1) is 24.4 Å². The first kappa shape index (κ1) is 26.1. The highest BCUT2D eigenvalue weighted by Crippen LogP contribution is 2.28. The van der Waals surface area contributed by atoms with Crippen LogP contribution in [0.2, 0.25) is 0 Å². The Kier molecular flexibility index (Phi) is 8.40. The van der Waals surface area contributed by atoms with Gasteiger partial charge in [-0.3, -0.25) is 9.69 Å². The van der Waals surface area contributed by atoms with Crippen molar-refractivity contribution < 1.29 is 23.9 Å². The van der Waals surface area contributed by atoms with E-state index in [9.17, 15) is 14.4 Å². The summed E-state index contributed by atoms with van der Waals surface area (Å²) in [7, 11) is 0. The van der Waals surface area contributed by atoms with Gasteiger partial charge in [0.1, 0.15) is 4.88 Å². The van der Waals surface area contributed by atoms with Crippen molar-refractivity contribution in [3.63, 3.8) is 0 Å². The number of benzene rings is 2. The molecule has 0 aliphatic carbocycles. The molecule has 8 heteroatoms. The van der Waals surface area contributed by atoms with Crippen LogP contribution in [0.25, 0.3) is 0 Å². The van der Waals surface area contributed by atoms with Crippen LogP contribution >= 0.6 is 11.3 Å². The summed E-state index contributed by atoms with van der Waals surface area (Å²) >= 11 is 1.08. The lowest BCUT2D eigenvalue weighted by molar-refractivity contribution is -0.121. The molecule has 0 atom stereocenters. The maximum Gasteiger partial charge on any atom is 0.350 e. The molecule has 0 unspecified atom stereocenters. The van der Waals surface area contributed by atoms with E-state index in [4.69, 9.17) is 9.47 Å². The molecule has 1 heterocycles. The maximum atomic E-state index is 13.2. The molecule has 3 rings (SSSR count). The smallest absolute Gasteiger partial charge is 0.350 e. The van der Waals surface area contributed by atoms with E-state index < -0.39 is 24.5 Å². The molecular formula is C27H30N2O5S. The Labute approximate surface area is 209 Å². The third-order valence-electron chi connectivity index (χ3n) is 5.27. The molecule has 0 saturated heterocycles. The summed E-state index contributed by atoms with van der Waals surface area (Å²) in [5, 5.41) is 0.338. The SMILES string of the molecule is CCOC(=O)c1sc(N(Cc2ccccc2)C(=O)COC(=O)c2ccc(C(C)(C)C)cc2)nc1C. The lowest BCUT2D eigenvalue weighted by Gasteiger charge is -2.20. The molecule has 0 aliphatic heterocycles. The van der Waals surface area contributed by atoms with Crippen molar-refractivity contribution in [1.29, 1.82) is 0 Å². The second kappa shape index (κ2) is 11.3. The second-order valence-electron chi connectivity index (χ2n) is 9.00. The number of hydrogen-bond acceptors (Lipinski definition) is 7. The largest absolute Gasteiger partial charge is 0.462 e. The quantitative estimate of drug-likeness (QED) is 0.394. The van der Waals surface area contributed by atoms with Gasteiger partial charge in [-0.25, -0.2) is 14.6 Å². The molecule has 1 amide bonds. The molecule has 0 spiro atoms. The molecule has 0 N–H and O–H groups in total. The average molecular weight is 495 g/mol. The number of aryl methyl sites for hydroxylation is 1. The minimum absolute atomic E-state index is 0.0371. The molecule has 184 valence electrons. The summed E-state index contributed by atoms with van der Waals surface area (Å²) in [5.74, 6) is -1.51. The summed E-state index contributed by atoms with van der Waals surface area (Å²) in [4.78, 5) is 44.2. The third-order valence-corrected chi connectivity index (χ3v) is 6.44. The monoisotopic (exact) mass is 494 g/mol. The van der Waals surface area contributed by atoms with Gasteiger partial charge in [-0.1, -0.05) is 74.6 Å². The van der Waals surface area contributed by atoms with Crippen molar-refractivity contribution in [1.82, 2.24) is 4.98 Å². The van der Waals surface area contributed by atoms with Crippen LogP contribution in [0.3, 0.4) is 0 Å². The number of nitrogens with zero attached hydrogens (tertiary/aromatic N) is 2. The van der Waals surface area contributed by atoms with E-state index in [2.05, 4.69) is 25.8 Å². The van der Waals surface area contributed by atoms with E-state index in [-0.39, 0.29) is 18.6 Å². The number of carbonyl (C=O) groups excluding carboxylic acids is 3. The molecule has 0 radical (unpaired) electrons. The predicted molar refractivity (Wildman–Crippen MR) is 136 cm³/mol. The minimum atomic E-state index is -0.582. The van der Waals surface area contributed by atoms with Gasteiger partial charge in [-0.15, -0.1) is 0 Å². The van der Waals surface area contributed by atoms with Crippen LogP contribution in [-0.4, -0.2) is 36.0 Å². The molecule has 3 aromatic rings. The van der Waals surface area contributed by atoms with E-state index in [0.29, 0.717) is 21.3 Å². The van der Waals surface area contributed by atoms with Crippen molar-refractivity contribution in [2.75, 3.05) is 18.1 Å². The molecule has 7 nitrogen and oxygen atoms in total. The number of aromatic nitrogens is 1. The van der Waals surface area contributed by atoms with Gasteiger partial charge in [-0.05, 0) is 42.5 Å². The number of ether oxygens (including phenoxy) is 2. The van der Waals surface area contributed by atoms with Crippen molar-refractivity contribution in [2.45, 2.75) is 46.6 Å². The van der Waals surface area contributed by atoms with Gasteiger partial charge >= 0.3 is 11.9 Å². The van der Waals surface area contributed by atoms with Crippen LogP contribution in [0.1, 0.15) is 64.5 Å². The molecule has 0 saturated carbocycles. The van der Waals surface area contributed by atoms with Crippen LogP contribution in [-0.2, 0) is 26.2 Å². The Bertz CT molecular complexity index is 1180. The Morgan fingerprint density at radius 1 is 0.943 bits per heavy atom. The number of amides is 1. The van der Waals surface area contributed by atoms with Crippen LogP contribution in [0.5, 0.6) is 0 Å². The van der Waals surface area contributed by atoms with Crippen molar-refractivity contribution in [3.05, 3.63) is 81.9 Å². The zero-order valence-corrected chi connectivity index (χ0v) is 21.5. The van der Waals surface area contributed by atoms with Crippen molar-refractivity contribution in [3.8, 4) is 0 Å². The fourth-order valence-corrected chi connectivity index (χ4v) is 4.28. The van der Waals surface area contributed by atoms with Gasteiger partial charge in [0.25, 0.3) is 5.91 Å². The standard InChI is InChI=1S/C27H30N2O5S/c1-6-33-25(32)23-18(2)28-26(35-23)29(16-19-10-8-7-9-11-19)22(30)17-34-24(31)20-12-14-21(15-13-20)27(3,4)5/h7-15H,6,16-17H2,1-5H3. The van der Waals surface area contributed by atoms with Crippen LogP contribution < -0.4 is 4.90 Å². The topological polar surface area (TPSA) is 85.8 Å². The number of anilines is 1. The first-order valence-corrected chi connectivity index (χ1v) is 12.2. The molecular weight excluding hydrogens is 464 g/mol. The Balaban J connectivity index is 1.78. The number of thiazole rings is 1. The number of esters is 2. The molecule has 0 fully saturated rings. The fourth-order valence-electron chi connectivity index (χ4n) is 3.31. The van der Waals surface area contributed by atoms with Crippen LogP contribution in [0, 0.1) is 6.92 Å². The predicted octanol–water partition coefficient (Wildman–Crippen LogP) is 5.32. The Morgan fingerprint density at radius 2 is 1.60 bits per heavy atom. The maximum absolute atomic E-state index is 13.2. The normalized spacial score (nSPS) is 11.1. The fraction of sp³-hybridized carbons (Fsp3) is 0.333. The van der Waals surface area contributed by atoms with E-state index in [1.807, 2.05) is 42.5 Å². The molecule has 35 heavy (non-hydrogen) atoms. The average Bonchev–Trinajstić information content (AvgIpc) is 3.22. The zero-order valence-electron chi connectivity index (χ0n) is 20.7. The van der Waals surface area contributed by atoms with Gasteiger partial charge < -0.3 is 9.47 Å². The first-order chi connectivity index (χ1) is 16.6. The van der Waals surface area contributed by atoms with E-state index in [1.54, 1.807) is 26.0 Å². The third kappa shape index (κ3) is 6.76. The summed E-state index contributed by atoms with van der Waals surface area (Å²) in [6.45, 7) is 9.69. The lowest BCUT2D eigenvalue weighted by atomic mass is 9.87. The summed E-state index contributed by atoms with van der Waals surface area (Å²) < 4.78 is 10.4. The number of rotatable bonds is 8. The van der Waals surface area contributed by atoms with Crippen molar-refractivity contribution >= 4 is 34.3 Å². The van der Waals surface area contributed by atoms with Gasteiger partial charge in [0.2, 0.25) is 0 Å². The molecule has 0 bridgehead atoms. The van der Waals surface area contributed by atoms with Gasteiger partial charge in [-0.2, -0.15) is 0 Å². The Hall–Kier alpha value is -3.52. The summed E-state index contributed by atoms with van der Waals surface area (Å²) in [6.07, 6.45) is 0. The van der Waals surface area contributed by atoms with E-state index >= 15 is 0 Å². The minimum Gasteiger partial charge on any atom is -0.462 e. The molecule has 1 aromatic heterocycles. The number of carbonyl (C=O) groups is 3. The van der Waals surface area contributed by atoms with Crippen LogP contribution in [0.4, 0.5) is 5.13 Å². The summed E-state index contributed by atoms with van der Waals surface area (Å²) in [5.41, 5.74) is 2.77. The molecule has 2 aromatic carbocycles. The second-order valence-corrected chi connectivity index (χ2v) is 9.98. The summed E-state index contributed by atoms with van der Waals surface area (Å²) in [6, 6.07) is 16.6. The van der Waals surface area contributed by atoms with Gasteiger partial charge in [0.15, 0.2) is 11.7 Å². The first-order valence-electron chi connectivity index (χ1n) is 11.4. The van der Waals surface area contributed by atoms with Crippen LogP contribution in [0.15, 0.2) is 54.6 Å². The molecule has 0 aliphatic rings. The number of hydrogen-bond donors (Lipinski definition) is 0. The highest BCUT2D eigenvalue weighted by molar-refractivity contribution is 7.17. The highest BCUT2D eigenvalue weighted by Gasteiger charge is 2.25. The van der Waals surface area contributed by atoms with Crippen molar-refractivity contribution in [2.24, 2.45) is 0 Å². The van der Waals surface area contributed by atoms with E-state index in [0.717, 1.165) is 22.5 Å². The lowest BCUT2D eigenvalue weighted by Crippen LogP contribution is -2.34. The highest BCUT2D eigenvalue weighted by atomic mass is 32.1.